The van der Waals surface area contributed by atoms with Crippen LogP contribution in [-0.4, -0.2) is 21.4 Å². The summed E-state index contributed by atoms with van der Waals surface area (Å²) in [5, 5.41) is 15.2. The summed E-state index contributed by atoms with van der Waals surface area (Å²) in [6.45, 7) is 2.62. The van der Waals surface area contributed by atoms with Crippen molar-refractivity contribution in [3.63, 3.8) is 0 Å². The molecule has 3 rings (SSSR count). The average molecular weight is 296 g/mol. The van der Waals surface area contributed by atoms with Crippen molar-refractivity contribution in [2.24, 2.45) is 0 Å². The number of benzene rings is 1. The number of anilines is 1. The van der Waals surface area contributed by atoms with E-state index in [1.54, 1.807) is 12.3 Å². The van der Waals surface area contributed by atoms with E-state index in [2.05, 4.69) is 21.4 Å². The maximum absolute atomic E-state index is 11.0. The first kappa shape index (κ1) is 14.1. The molecule has 2 heterocycles. The minimum atomic E-state index is -0.424. The van der Waals surface area contributed by atoms with Crippen LogP contribution in [-0.2, 0) is 6.42 Å². The molecule has 0 atom stereocenters. The van der Waals surface area contributed by atoms with Crippen molar-refractivity contribution in [2.75, 3.05) is 11.9 Å². The monoisotopic (exact) mass is 296 g/mol. The van der Waals surface area contributed by atoms with Crippen LogP contribution in [0.4, 0.5) is 11.5 Å². The molecule has 0 saturated heterocycles. The predicted octanol–water partition coefficient (Wildman–Crippen LogP) is 3.43. The molecule has 112 valence electrons. The van der Waals surface area contributed by atoms with E-state index in [-0.39, 0.29) is 5.69 Å². The van der Waals surface area contributed by atoms with Crippen molar-refractivity contribution in [2.45, 2.75) is 13.3 Å². The fourth-order valence-corrected chi connectivity index (χ4v) is 2.64. The number of hydrogen-bond acceptors (Lipinski definition) is 4. The maximum atomic E-state index is 11.0. The Morgan fingerprint density at radius 2 is 2.09 bits per heavy atom. The Balaban J connectivity index is 1.76. The Morgan fingerprint density at radius 1 is 1.27 bits per heavy atom. The van der Waals surface area contributed by atoms with E-state index in [4.69, 9.17) is 0 Å². The summed E-state index contributed by atoms with van der Waals surface area (Å²) in [6, 6.07) is 11.1. The summed E-state index contributed by atoms with van der Waals surface area (Å²) in [7, 11) is 0. The third kappa shape index (κ3) is 2.63. The standard InChI is InChI=1S/C16H16N4O2/c1-11-12(13-5-2-3-6-14(13)19-11)8-10-18-16-15(20(21)22)7-4-9-17-16/h2-7,9,19H,8,10H2,1H3,(H,17,18). The molecule has 0 fully saturated rings. The minimum Gasteiger partial charge on any atom is -0.364 e. The zero-order valence-electron chi connectivity index (χ0n) is 12.2. The van der Waals surface area contributed by atoms with Crippen molar-refractivity contribution >= 4 is 22.4 Å². The Bertz CT molecular complexity index is 826. The molecule has 0 unspecified atom stereocenters. The first-order valence-electron chi connectivity index (χ1n) is 7.06. The van der Waals surface area contributed by atoms with Crippen molar-refractivity contribution < 1.29 is 4.92 Å². The van der Waals surface area contributed by atoms with E-state index in [0.717, 1.165) is 17.6 Å². The fourth-order valence-electron chi connectivity index (χ4n) is 2.64. The van der Waals surface area contributed by atoms with E-state index in [1.165, 1.54) is 17.0 Å². The lowest BCUT2D eigenvalue weighted by atomic mass is 10.1. The number of aromatic nitrogens is 2. The summed E-state index contributed by atoms with van der Waals surface area (Å²) in [5.74, 6) is 0.310. The van der Waals surface area contributed by atoms with E-state index in [0.29, 0.717) is 12.4 Å². The van der Waals surface area contributed by atoms with E-state index >= 15 is 0 Å². The molecular formula is C16H16N4O2. The lowest BCUT2D eigenvalue weighted by Crippen LogP contribution is -2.08. The molecule has 0 bridgehead atoms. The predicted molar refractivity (Wildman–Crippen MR) is 86.1 cm³/mol. The normalized spacial score (nSPS) is 10.8. The molecule has 0 aliphatic rings. The van der Waals surface area contributed by atoms with Gasteiger partial charge in [0, 0.05) is 35.4 Å². The molecule has 0 amide bonds. The Labute approximate surface area is 127 Å². The largest absolute Gasteiger partial charge is 0.364 e. The first-order valence-corrected chi connectivity index (χ1v) is 7.06. The second-order valence-electron chi connectivity index (χ2n) is 5.08. The van der Waals surface area contributed by atoms with Crippen LogP contribution in [0.2, 0.25) is 0 Å². The van der Waals surface area contributed by atoms with Crippen LogP contribution in [0.3, 0.4) is 0 Å². The molecule has 6 nitrogen and oxygen atoms in total. The van der Waals surface area contributed by atoms with Gasteiger partial charge in [-0.25, -0.2) is 4.98 Å². The van der Waals surface area contributed by atoms with Gasteiger partial charge in [-0.1, -0.05) is 18.2 Å². The third-order valence-corrected chi connectivity index (χ3v) is 3.68. The highest BCUT2D eigenvalue weighted by Gasteiger charge is 2.14. The van der Waals surface area contributed by atoms with E-state index in [9.17, 15) is 10.1 Å². The number of hydrogen-bond donors (Lipinski definition) is 2. The lowest BCUT2D eigenvalue weighted by Gasteiger charge is -2.06. The quantitative estimate of drug-likeness (QED) is 0.558. The number of nitrogens with one attached hydrogen (secondary N) is 2. The summed E-state index contributed by atoms with van der Waals surface area (Å²) < 4.78 is 0. The number of aromatic amines is 1. The number of para-hydroxylation sites is 1. The van der Waals surface area contributed by atoms with Crippen LogP contribution in [0, 0.1) is 17.0 Å². The van der Waals surface area contributed by atoms with Gasteiger partial charge in [-0.2, -0.15) is 0 Å². The van der Waals surface area contributed by atoms with Gasteiger partial charge in [-0.3, -0.25) is 10.1 Å². The van der Waals surface area contributed by atoms with Gasteiger partial charge >= 0.3 is 5.69 Å². The molecule has 0 aliphatic carbocycles. The first-order chi connectivity index (χ1) is 10.7. The zero-order chi connectivity index (χ0) is 15.5. The van der Waals surface area contributed by atoms with Gasteiger partial charge in [0.2, 0.25) is 5.82 Å². The van der Waals surface area contributed by atoms with E-state index < -0.39 is 4.92 Å². The SMILES string of the molecule is Cc1[nH]c2ccccc2c1CCNc1ncccc1[N+](=O)[O-]. The zero-order valence-corrected chi connectivity index (χ0v) is 12.2. The number of fused-ring (bicyclic) bond motifs is 1. The van der Waals surface area contributed by atoms with Crippen LogP contribution >= 0.6 is 0 Å². The van der Waals surface area contributed by atoms with Gasteiger partial charge in [-0.15, -0.1) is 0 Å². The second-order valence-corrected chi connectivity index (χ2v) is 5.08. The number of nitrogens with zero attached hydrogens (tertiary/aromatic N) is 2. The molecule has 0 radical (unpaired) electrons. The van der Waals surface area contributed by atoms with Gasteiger partial charge in [0.1, 0.15) is 0 Å². The molecular weight excluding hydrogens is 280 g/mol. The number of aryl methyl sites for hydroxylation is 1. The van der Waals surface area contributed by atoms with E-state index in [1.807, 2.05) is 25.1 Å². The van der Waals surface area contributed by atoms with Crippen LogP contribution < -0.4 is 5.32 Å². The summed E-state index contributed by atoms with van der Waals surface area (Å²) >= 11 is 0. The highest BCUT2D eigenvalue weighted by atomic mass is 16.6. The maximum Gasteiger partial charge on any atom is 0.311 e. The topological polar surface area (TPSA) is 83.8 Å². The molecule has 1 aromatic carbocycles. The smallest absolute Gasteiger partial charge is 0.311 e. The molecule has 3 aromatic rings. The highest BCUT2D eigenvalue weighted by molar-refractivity contribution is 5.84. The minimum absolute atomic E-state index is 0.00171. The van der Waals surface area contributed by atoms with Crippen molar-refractivity contribution in [3.8, 4) is 0 Å². The summed E-state index contributed by atoms with van der Waals surface area (Å²) in [5.41, 5.74) is 3.46. The van der Waals surface area contributed by atoms with Crippen LogP contribution in [0.5, 0.6) is 0 Å². The van der Waals surface area contributed by atoms with Crippen molar-refractivity contribution in [3.05, 3.63) is 64.0 Å². The molecule has 2 N–H and O–H groups in total. The Morgan fingerprint density at radius 3 is 2.91 bits per heavy atom. The number of rotatable bonds is 5. The third-order valence-electron chi connectivity index (χ3n) is 3.68. The van der Waals surface area contributed by atoms with Crippen molar-refractivity contribution in [1.82, 2.24) is 9.97 Å². The van der Waals surface area contributed by atoms with Gasteiger partial charge in [0.05, 0.1) is 4.92 Å². The molecule has 6 heteroatoms. The second kappa shape index (κ2) is 5.85. The molecule has 22 heavy (non-hydrogen) atoms. The number of H-pyrrole nitrogens is 1. The van der Waals surface area contributed by atoms with Crippen LogP contribution in [0.1, 0.15) is 11.3 Å². The summed E-state index contributed by atoms with van der Waals surface area (Å²) in [6.07, 6.45) is 2.32. The van der Waals surface area contributed by atoms with Gasteiger partial charge < -0.3 is 10.3 Å². The van der Waals surface area contributed by atoms with Gasteiger partial charge in [-0.05, 0) is 31.0 Å². The number of nitro groups is 1. The molecule has 0 spiro atoms. The van der Waals surface area contributed by atoms with Crippen LogP contribution in [0.15, 0.2) is 42.6 Å². The number of pyridine rings is 1. The van der Waals surface area contributed by atoms with Gasteiger partial charge in [0.25, 0.3) is 0 Å². The Kier molecular flexibility index (Phi) is 3.74. The summed E-state index contributed by atoms with van der Waals surface area (Å²) in [4.78, 5) is 17.9. The average Bonchev–Trinajstić information content (AvgIpc) is 2.83. The Hall–Kier alpha value is -2.89. The molecule has 0 saturated carbocycles. The molecule has 2 aromatic heterocycles. The van der Waals surface area contributed by atoms with Crippen LogP contribution in [0.25, 0.3) is 10.9 Å². The van der Waals surface area contributed by atoms with Crippen molar-refractivity contribution in [1.29, 1.82) is 0 Å². The lowest BCUT2D eigenvalue weighted by molar-refractivity contribution is -0.384. The molecule has 0 aliphatic heterocycles. The van der Waals surface area contributed by atoms with Gasteiger partial charge in [0.15, 0.2) is 0 Å². The fraction of sp³-hybridized carbons (Fsp3) is 0.188. The highest BCUT2D eigenvalue weighted by Crippen LogP contribution is 2.23.